The normalized spacial score (nSPS) is 13.4. The van der Waals surface area contributed by atoms with Crippen molar-refractivity contribution in [2.75, 3.05) is 26.2 Å². The van der Waals surface area contributed by atoms with E-state index in [2.05, 4.69) is 48.3 Å². The summed E-state index contributed by atoms with van der Waals surface area (Å²) in [7, 11) is 0. The Balaban J connectivity index is 2.67. The molecule has 0 amide bonds. The third-order valence-electron chi connectivity index (χ3n) is 3.67. The lowest BCUT2D eigenvalue weighted by molar-refractivity contribution is -0.132. The van der Waals surface area contributed by atoms with Crippen LogP contribution < -0.4 is 5.32 Å². The van der Waals surface area contributed by atoms with Crippen LogP contribution in [0, 0.1) is 0 Å². The molecule has 1 aromatic carbocycles. The maximum atomic E-state index is 10.7. The molecule has 21 heavy (non-hydrogen) atoms. The van der Waals surface area contributed by atoms with Gasteiger partial charge in [-0.1, -0.05) is 50.3 Å². The van der Waals surface area contributed by atoms with E-state index in [1.807, 2.05) is 6.07 Å². The van der Waals surface area contributed by atoms with E-state index in [-0.39, 0.29) is 0 Å². The van der Waals surface area contributed by atoms with Crippen molar-refractivity contribution in [2.45, 2.75) is 26.8 Å². The molecule has 0 aromatic heterocycles. The average molecular weight is 290 g/mol. The molecule has 0 radical (unpaired) electrons. The van der Waals surface area contributed by atoms with Crippen LogP contribution in [0.3, 0.4) is 0 Å². The molecule has 0 aliphatic rings. The molecule has 0 spiro atoms. The highest BCUT2D eigenvalue weighted by molar-refractivity contribution is 5.85. The van der Waals surface area contributed by atoms with Gasteiger partial charge in [-0.15, -0.1) is 0 Å². The van der Waals surface area contributed by atoms with E-state index in [0.29, 0.717) is 18.2 Å². The molecule has 1 rings (SSSR count). The Morgan fingerprint density at radius 3 is 2.43 bits per heavy atom. The van der Waals surface area contributed by atoms with Crippen LogP contribution in [0.5, 0.6) is 0 Å². The van der Waals surface area contributed by atoms with Gasteiger partial charge in [0.1, 0.15) is 0 Å². The number of benzene rings is 1. The van der Waals surface area contributed by atoms with Crippen molar-refractivity contribution in [1.29, 1.82) is 0 Å². The number of hydrogen-bond acceptors (Lipinski definition) is 3. The van der Waals surface area contributed by atoms with Crippen LogP contribution >= 0.6 is 0 Å². The summed E-state index contributed by atoms with van der Waals surface area (Å²) in [5, 5.41) is 12.2. The molecule has 1 aromatic rings. The van der Waals surface area contributed by atoms with Crippen LogP contribution in [0.25, 0.3) is 0 Å². The highest BCUT2D eigenvalue weighted by atomic mass is 16.4. The van der Waals surface area contributed by atoms with E-state index in [1.54, 1.807) is 13.0 Å². The van der Waals surface area contributed by atoms with E-state index in [4.69, 9.17) is 5.11 Å². The van der Waals surface area contributed by atoms with E-state index >= 15 is 0 Å². The summed E-state index contributed by atoms with van der Waals surface area (Å²) >= 11 is 0. The van der Waals surface area contributed by atoms with Crippen molar-refractivity contribution in [3.8, 4) is 0 Å². The number of rotatable bonds is 9. The van der Waals surface area contributed by atoms with Crippen LogP contribution in [0.1, 0.15) is 32.4 Å². The summed E-state index contributed by atoms with van der Waals surface area (Å²) in [6, 6.07) is 10.7. The van der Waals surface area contributed by atoms with Crippen molar-refractivity contribution >= 4 is 5.97 Å². The van der Waals surface area contributed by atoms with Crippen molar-refractivity contribution in [3.05, 3.63) is 47.5 Å². The van der Waals surface area contributed by atoms with Crippen LogP contribution in [0.15, 0.2) is 42.0 Å². The lowest BCUT2D eigenvalue weighted by atomic mass is 10.1. The van der Waals surface area contributed by atoms with Gasteiger partial charge in [-0.25, -0.2) is 4.79 Å². The molecular formula is C17H26N2O2. The molecule has 1 unspecified atom stereocenters. The molecule has 0 fully saturated rings. The van der Waals surface area contributed by atoms with Crippen molar-refractivity contribution in [1.82, 2.24) is 10.2 Å². The molecule has 4 nitrogen and oxygen atoms in total. The largest absolute Gasteiger partial charge is 0.478 e. The lowest BCUT2D eigenvalue weighted by Gasteiger charge is -2.30. The molecule has 2 N–H and O–H groups in total. The molecule has 4 heteroatoms. The molecule has 1 atom stereocenters. The van der Waals surface area contributed by atoms with Gasteiger partial charge in [0.15, 0.2) is 0 Å². The van der Waals surface area contributed by atoms with Gasteiger partial charge in [0, 0.05) is 24.7 Å². The Morgan fingerprint density at radius 1 is 1.29 bits per heavy atom. The molecule has 0 bridgehead atoms. The number of likely N-dealkylation sites (N-methyl/N-ethyl adjacent to an activating group) is 1. The standard InChI is InChI=1S/C17H26N2O2/c1-4-19(5-2)16(15-9-7-6-8-10-15)13-18-12-11-14(3)17(20)21/h6-11,16,18H,4-5,12-13H2,1-3H3,(H,20,21)/b14-11-. The number of nitrogens with one attached hydrogen (secondary N) is 1. The zero-order valence-corrected chi connectivity index (χ0v) is 13.2. The molecule has 0 saturated carbocycles. The average Bonchev–Trinajstić information content (AvgIpc) is 2.51. The maximum Gasteiger partial charge on any atom is 0.330 e. The van der Waals surface area contributed by atoms with Gasteiger partial charge in [0.05, 0.1) is 0 Å². The Labute approximate surface area is 127 Å². The second kappa shape index (κ2) is 9.32. The number of aliphatic carboxylic acids is 1. The summed E-state index contributed by atoms with van der Waals surface area (Å²) in [6.07, 6.45) is 1.71. The molecule has 116 valence electrons. The van der Waals surface area contributed by atoms with Gasteiger partial charge in [0.2, 0.25) is 0 Å². The summed E-state index contributed by atoms with van der Waals surface area (Å²) in [5.74, 6) is -0.861. The fourth-order valence-corrected chi connectivity index (χ4v) is 2.33. The first-order valence-electron chi connectivity index (χ1n) is 7.49. The Kier molecular flexibility index (Phi) is 7.72. The smallest absolute Gasteiger partial charge is 0.330 e. The fraction of sp³-hybridized carbons (Fsp3) is 0.471. The van der Waals surface area contributed by atoms with Crippen molar-refractivity contribution in [3.63, 3.8) is 0 Å². The third-order valence-corrected chi connectivity index (χ3v) is 3.67. The van der Waals surface area contributed by atoms with E-state index in [1.165, 1.54) is 5.56 Å². The zero-order valence-electron chi connectivity index (χ0n) is 13.2. The highest BCUT2D eigenvalue weighted by Crippen LogP contribution is 2.19. The minimum absolute atomic E-state index is 0.305. The summed E-state index contributed by atoms with van der Waals surface area (Å²) in [4.78, 5) is 13.1. The number of carbonyl (C=O) groups is 1. The van der Waals surface area contributed by atoms with Gasteiger partial charge < -0.3 is 10.4 Å². The van der Waals surface area contributed by atoms with E-state index in [9.17, 15) is 4.79 Å². The molecule has 0 aliphatic heterocycles. The predicted octanol–water partition coefficient (Wildman–Crippen LogP) is 2.69. The molecule has 0 heterocycles. The summed E-state index contributed by atoms with van der Waals surface area (Å²) in [5.41, 5.74) is 1.66. The Hall–Kier alpha value is -1.65. The monoisotopic (exact) mass is 290 g/mol. The molecular weight excluding hydrogens is 264 g/mol. The maximum absolute atomic E-state index is 10.7. The van der Waals surface area contributed by atoms with Crippen LogP contribution in [0.4, 0.5) is 0 Å². The Morgan fingerprint density at radius 2 is 1.90 bits per heavy atom. The fourth-order valence-electron chi connectivity index (χ4n) is 2.33. The molecule has 0 aliphatic carbocycles. The van der Waals surface area contributed by atoms with Gasteiger partial charge in [-0.3, -0.25) is 4.90 Å². The first-order valence-corrected chi connectivity index (χ1v) is 7.49. The Bertz CT molecular complexity index is 453. The van der Waals surface area contributed by atoms with Gasteiger partial charge in [-0.2, -0.15) is 0 Å². The number of nitrogens with zero attached hydrogens (tertiary/aromatic N) is 1. The summed E-state index contributed by atoms with van der Waals surface area (Å²) in [6.45, 7) is 9.28. The van der Waals surface area contributed by atoms with Gasteiger partial charge in [-0.05, 0) is 25.6 Å². The van der Waals surface area contributed by atoms with Crippen LogP contribution in [-0.2, 0) is 4.79 Å². The first-order chi connectivity index (χ1) is 10.1. The number of hydrogen-bond donors (Lipinski definition) is 2. The third kappa shape index (κ3) is 5.69. The van der Waals surface area contributed by atoms with Crippen LogP contribution in [-0.4, -0.2) is 42.2 Å². The summed E-state index contributed by atoms with van der Waals surface area (Å²) < 4.78 is 0. The topological polar surface area (TPSA) is 52.6 Å². The zero-order chi connectivity index (χ0) is 15.7. The van der Waals surface area contributed by atoms with Crippen LogP contribution in [0.2, 0.25) is 0 Å². The van der Waals surface area contributed by atoms with Crippen molar-refractivity contribution in [2.24, 2.45) is 0 Å². The van der Waals surface area contributed by atoms with Gasteiger partial charge in [0.25, 0.3) is 0 Å². The minimum atomic E-state index is -0.861. The lowest BCUT2D eigenvalue weighted by Crippen LogP contribution is -2.36. The SMILES string of the molecule is CCN(CC)C(CNC/C=C(/C)C(=O)O)c1ccccc1. The predicted molar refractivity (Wildman–Crippen MR) is 86.4 cm³/mol. The quantitative estimate of drug-likeness (QED) is 0.542. The van der Waals surface area contributed by atoms with Gasteiger partial charge >= 0.3 is 5.97 Å². The number of carboxylic acids is 1. The second-order valence-electron chi connectivity index (χ2n) is 5.00. The number of carboxylic acid groups (broad SMARTS) is 1. The van der Waals surface area contributed by atoms with E-state index in [0.717, 1.165) is 19.6 Å². The highest BCUT2D eigenvalue weighted by Gasteiger charge is 2.16. The minimum Gasteiger partial charge on any atom is -0.478 e. The molecule has 0 saturated heterocycles. The van der Waals surface area contributed by atoms with Crippen molar-refractivity contribution < 1.29 is 9.90 Å². The second-order valence-corrected chi connectivity index (χ2v) is 5.00. The first kappa shape index (κ1) is 17.4. The van der Waals surface area contributed by atoms with E-state index < -0.39 is 5.97 Å².